The van der Waals surface area contributed by atoms with Crippen LogP contribution in [0.4, 0.5) is 10.6 Å². The van der Waals surface area contributed by atoms with E-state index in [2.05, 4.69) is 33.6 Å². The zero-order valence-electron chi connectivity index (χ0n) is 21.5. The number of pyridine rings is 1. The summed E-state index contributed by atoms with van der Waals surface area (Å²) < 4.78 is 5.30. The van der Waals surface area contributed by atoms with E-state index in [4.69, 9.17) is 9.84 Å². The lowest BCUT2D eigenvalue weighted by molar-refractivity contribution is -0.131. The van der Waals surface area contributed by atoms with Crippen molar-refractivity contribution in [2.24, 2.45) is 17.8 Å². The molecule has 4 atom stereocenters. The largest absolute Gasteiger partial charge is 0.444 e. The molecule has 2 aliphatic rings. The smallest absolute Gasteiger partial charge is 0.413 e. The minimum Gasteiger partial charge on any atom is -0.444 e. The van der Waals surface area contributed by atoms with E-state index in [1.165, 1.54) is 0 Å². The fraction of sp³-hybridized carbons (Fsp3) is 0.414. The Balaban J connectivity index is 1.53. The second-order valence-corrected chi connectivity index (χ2v) is 11.0. The molecular weight excluding hydrogens is 466 g/mol. The summed E-state index contributed by atoms with van der Waals surface area (Å²) in [5.74, 6) is -0.382. The SMILES string of the molecule is C[C@@H]1C(=O)C(C#N)C[C@]2(c3ccccc3)c3[nH]nc(-c4ccc(NC(=O)OC(C)(C)C)nc4)c3CC[C@@H]12. The van der Waals surface area contributed by atoms with Gasteiger partial charge < -0.3 is 4.74 Å². The van der Waals surface area contributed by atoms with Crippen LogP contribution in [0.15, 0.2) is 48.7 Å². The molecule has 2 N–H and O–H groups in total. The standard InChI is InChI=1S/C29H31N5O3/c1-17-22-12-11-21-24(18-10-13-23(31-16-18)32-27(36)37-28(2,3)4)33-34-26(21)29(22,14-19(15-30)25(17)35)20-8-6-5-7-9-20/h5-10,13,16-17,19,22H,11-12,14H2,1-4H3,(H,33,34)(H,31,32,36)/t17-,19?,22-,29+/m0/s1. The quantitative estimate of drug-likeness (QED) is 0.499. The van der Waals surface area contributed by atoms with Crippen molar-refractivity contribution < 1.29 is 14.3 Å². The third-order valence-corrected chi connectivity index (χ3v) is 7.68. The van der Waals surface area contributed by atoms with Crippen molar-refractivity contribution >= 4 is 17.7 Å². The molecule has 1 fully saturated rings. The molecule has 37 heavy (non-hydrogen) atoms. The summed E-state index contributed by atoms with van der Waals surface area (Å²) in [4.78, 5) is 29.5. The van der Waals surface area contributed by atoms with Crippen LogP contribution in [0.5, 0.6) is 0 Å². The number of Topliss-reactive ketones (excluding diaryl/α,β-unsaturated/α-hetero) is 1. The number of hydrogen-bond donors (Lipinski definition) is 2. The molecule has 0 radical (unpaired) electrons. The van der Waals surface area contributed by atoms with Gasteiger partial charge in [-0.1, -0.05) is 37.3 Å². The number of H-pyrrole nitrogens is 1. The van der Waals surface area contributed by atoms with Crippen molar-refractivity contribution in [2.45, 2.75) is 58.0 Å². The number of carbonyl (C=O) groups excluding carboxylic acids is 2. The lowest BCUT2D eigenvalue weighted by atomic mass is 9.51. The van der Waals surface area contributed by atoms with Crippen molar-refractivity contribution in [3.05, 3.63) is 65.5 Å². The summed E-state index contributed by atoms with van der Waals surface area (Å²) in [6.07, 6.45) is 3.16. The number of aromatic amines is 1. The van der Waals surface area contributed by atoms with Gasteiger partial charge in [0, 0.05) is 34.4 Å². The van der Waals surface area contributed by atoms with Gasteiger partial charge in [-0.15, -0.1) is 0 Å². The highest BCUT2D eigenvalue weighted by Crippen LogP contribution is 2.56. The Morgan fingerprint density at radius 1 is 1.22 bits per heavy atom. The summed E-state index contributed by atoms with van der Waals surface area (Å²) in [5, 5.41) is 20.6. The zero-order chi connectivity index (χ0) is 26.4. The number of nitrogens with one attached hydrogen (secondary N) is 2. The number of nitrogens with zero attached hydrogens (tertiary/aromatic N) is 3. The van der Waals surface area contributed by atoms with E-state index in [1.54, 1.807) is 33.0 Å². The molecule has 0 bridgehead atoms. The van der Waals surface area contributed by atoms with E-state index >= 15 is 0 Å². The van der Waals surface area contributed by atoms with Crippen molar-refractivity contribution in [3.63, 3.8) is 0 Å². The molecule has 2 aromatic heterocycles. The molecule has 8 heteroatoms. The second-order valence-electron chi connectivity index (χ2n) is 11.0. The highest BCUT2D eigenvalue weighted by Gasteiger charge is 2.56. The molecule has 1 unspecified atom stereocenters. The van der Waals surface area contributed by atoms with Crippen LogP contribution in [0, 0.1) is 29.1 Å². The summed E-state index contributed by atoms with van der Waals surface area (Å²) in [5.41, 5.74) is 3.71. The highest BCUT2D eigenvalue weighted by atomic mass is 16.6. The zero-order valence-corrected chi connectivity index (χ0v) is 21.5. The number of fused-ring (bicyclic) bond motifs is 3. The predicted octanol–water partition coefficient (Wildman–Crippen LogP) is 5.42. The van der Waals surface area contributed by atoms with Gasteiger partial charge in [0.05, 0.1) is 11.8 Å². The van der Waals surface area contributed by atoms with Gasteiger partial charge in [0.15, 0.2) is 5.78 Å². The van der Waals surface area contributed by atoms with Crippen molar-refractivity contribution in [3.8, 4) is 17.3 Å². The Labute approximate surface area is 216 Å². The molecule has 1 saturated carbocycles. The van der Waals surface area contributed by atoms with Gasteiger partial charge in [0.2, 0.25) is 0 Å². The fourth-order valence-corrected chi connectivity index (χ4v) is 6.15. The van der Waals surface area contributed by atoms with Crippen LogP contribution in [0.1, 0.15) is 57.4 Å². The predicted molar refractivity (Wildman–Crippen MR) is 139 cm³/mol. The van der Waals surface area contributed by atoms with E-state index < -0.39 is 23.0 Å². The van der Waals surface area contributed by atoms with Crippen LogP contribution in [-0.2, 0) is 21.4 Å². The number of amides is 1. The molecule has 1 aromatic carbocycles. The van der Waals surface area contributed by atoms with Crippen LogP contribution in [0.2, 0.25) is 0 Å². The maximum atomic E-state index is 13.0. The van der Waals surface area contributed by atoms with E-state index in [9.17, 15) is 14.9 Å². The molecule has 8 nitrogen and oxygen atoms in total. The first-order chi connectivity index (χ1) is 17.6. The van der Waals surface area contributed by atoms with Gasteiger partial charge in [-0.3, -0.25) is 15.2 Å². The monoisotopic (exact) mass is 497 g/mol. The third kappa shape index (κ3) is 4.29. The number of ether oxygens (including phenoxy) is 1. The maximum Gasteiger partial charge on any atom is 0.413 e. The number of nitriles is 1. The summed E-state index contributed by atoms with van der Waals surface area (Å²) in [7, 11) is 0. The fourth-order valence-electron chi connectivity index (χ4n) is 6.15. The van der Waals surface area contributed by atoms with Crippen molar-refractivity contribution in [1.29, 1.82) is 5.26 Å². The summed E-state index contributed by atoms with van der Waals surface area (Å²) in [6.45, 7) is 7.38. The second kappa shape index (κ2) is 9.15. The minimum absolute atomic E-state index is 0.0412. The number of rotatable bonds is 3. The number of hydrogen-bond acceptors (Lipinski definition) is 6. The maximum absolute atomic E-state index is 13.0. The van der Waals surface area contributed by atoms with Crippen LogP contribution in [0.25, 0.3) is 11.3 Å². The Morgan fingerprint density at radius 3 is 2.62 bits per heavy atom. The van der Waals surface area contributed by atoms with Crippen LogP contribution in [-0.4, -0.2) is 32.7 Å². The van der Waals surface area contributed by atoms with Gasteiger partial charge in [-0.05, 0) is 63.6 Å². The minimum atomic E-state index is -0.663. The van der Waals surface area contributed by atoms with Crippen LogP contribution >= 0.6 is 0 Å². The summed E-state index contributed by atoms with van der Waals surface area (Å²) in [6, 6.07) is 16.1. The Hall–Kier alpha value is -3.99. The first kappa shape index (κ1) is 24.7. The molecule has 3 aromatic rings. The summed E-state index contributed by atoms with van der Waals surface area (Å²) >= 11 is 0. The number of anilines is 1. The van der Waals surface area contributed by atoms with E-state index in [0.29, 0.717) is 12.2 Å². The van der Waals surface area contributed by atoms with Gasteiger partial charge in [-0.25, -0.2) is 9.78 Å². The lowest BCUT2D eigenvalue weighted by Gasteiger charge is -2.50. The average Bonchev–Trinajstić information content (AvgIpc) is 3.31. The topological polar surface area (TPSA) is 121 Å². The first-order valence-corrected chi connectivity index (χ1v) is 12.7. The Morgan fingerprint density at radius 2 is 1.97 bits per heavy atom. The van der Waals surface area contributed by atoms with Crippen molar-refractivity contribution in [2.75, 3.05) is 5.32 Å². The molecular formula is C29H31N5O3. The number of carbonyl (C=O) groups is 2. The molecule has 5 rings (SSSR count). The van der Waals surface area contributed by atoms with Crippen LogP contribution < -0.4 is 5.32 Å². The van der Waals surface area contributed by atoms with E-state index in [-0.39, 0.29) is 17.6 Å². The van der Waals surface area contributed by atoms with Gasteiger partial charge >= 0.3 is 6.09 Å². The highest BCUT2D eigenvalue weighted by molar-refractivity contribution is 5.88. The molecule has 190 valence electrons. The third-order valence-electron chi connectivity index (χ3n) is 7.68. The Kier molecular flexibility index (Phi) is 6.10. The lowest BCUT2D eigenvalue weighted by Crippen LogP contribution is -2.52. The average molecular weight is 498 g/mol. The number of benzene rings is 1. The van der Waals surface area contributed by atoms with E-state index in [1.807, 2.05) is 31.2 Å². The molecule has 1 amide bonds. The molecule has 0 aliphatic heterocycles. The molecule has 2 heterocycles. The molecule has 0 spiro atoms. The molecule has 0 saturated heterocycles. The van der Waals surface area contributed by atoms with Gasteiger partial charge in [0.1, 0.15) is 17.3 Å². The van der Waals surface area contributed by atoms with Crippen LogP contribution in [0.3, 0.4) is 0 Å². The number of aromatic nitrogens is 3. The van der Waals surface area contributed by atoms with Crippen molar-refractivity contribution in [1.82, 2.24) is 15.2 Å². The van der Waals surface area contributed by atoms with Gasteiger partial charge in [-0.2, -0.15) is 10.4 Å². The molecule has 2 aliphatic carbocycles. The number of ketones is 1. The first-order valence-electron chi connectivity index (χ1n) is 12.7. The Bertz CT molecular complexity index is 1370. The van der Waals surface area contributed by atoms with E-state index in [0.717, 1.165) is 40.9 Å². The van der Waals surface area contributed by atoms with Gasteiger partial charge in [0.25, 0.3) is 0 Å². The normalized spacial score (nSPS) is 24.9.